The van der Waals surface area contributed by atoms with E-state index < -0.39 is 23.8 Å². The Balaban J connectivity index is 1.33. The first kappa shape index (κ1) is 18.4. The lowest BCUT2D eigenvalue weighted by Crippen LogP contribution is -2.54. The van der Waals surface area contributed by atoms with Crippen molar-refractivity contribution in [3.63, 3.8) is 0 Å². The van der Waals surface area contributed by atoms with Crippen LogP contribution in [0.4, 0.5) is 0 Å². The topological polar surface area (TPSA) is 98.8 Å². The molecule has 8 heteroatoms. The number of piperidine rings is 1. The lowest BCUT2D eigenvalue weighted by atomic mass is 9.95. The van der Waals surface area contributed by atoms with E-state index in [-0.39, 0.29) is 18.7 Å². The van der Waals surface area contributed by atoms with Crippen LogP contribution in [0.3, 0.4) is 0 Å². The zero-order valence-corrected chi connectivity index (χ0v) is 16.3. The van der Waals surface area contributed by atoms with Gasteiger partial charge in [-0.25, -0.2) is 0 Å². The summed E-state index contributed by atoms with van der Waals surface area (Å²) >= 11 is 0. The van der Waals surface area contributed by atoms with Crippen LogP contribution in [0.2, 0.25) is 0 Å². The number of nitrogens with one attached hydrogen (secondary N) is 2. The summed E-state index contributed by atoms with van der Waals surface area (Å²) in [6.07, 6.45) is 0.297. The van der Waals surface area contributed by atoms with Crippen molar-refractivity contribution in [3.05, 3.63) is 34.9 Å². The number of hydrogen-bond donors (Lipinski definition) is 2. The minimum atomic E-state index is -0.921. The molecule has 0 saturated carbocycles. The van der Waals surface area contributed by atoms with Crippen molar-refractivity contribution in [2.24, 2.45) is 11.8 Å². The van der Waals surface area contributed by atoms with Crippen molar-refractivity contribution in [2.75, 3.05) is 19.6 Å². The van der Waals surface area contributed by atoms with Gasteiger partial charge in [-0.3, -0.25) is 34.3 Å². The van der Waals surface area contributed by atoms with Crippen molar-refractivity contribution >= 4 is 23.6 Å². The lowest BCUT2D eigenvalue weighted by Gasteiger charge is -2.27. The Morgan fingerprint density at radius 2 is 1.86 bits per heavy atom. The summed E-state index contributed by atoms with van der Waals surface area (Å²) in [6.45, 7) is 6.10. The van der Waals surface area contributed by atoms with E-state index in [1.54, 1.807) is 12.1 Å². The van der Waals surface area contributed by atoms with Crippen LogP contribution in [-0.2, 0) is 16.1 Å². The van der Waals surface area contributed by atoms with Crippen LogP contribution in [0.25, 0.3) is 0 Å². The van der Waals surface area contributed by atoms with E-state index in [1.807, 2.05) is 6.07 Å². The highest BCUT2D eigenvalue weighted by Crippen LogP contribution is 2.32. The maximum atomic E-state index is 12.9. The summed E-state index contributed by atoms with van der Waals surface area (Å²) in [5.41, 5.74) is 1.68. The van der Waals surface area contributed by atoms with Gasteiger partial charge in [-0.2, -0.15) is 0 Å². The van der Waals surface area contributed by atoms with E-state index in [0.717, 1.165) is 36.6 Å². The quantitative estimate of drug-likeness (QED) is 0.705. The molecule has 3 saturated heterocycles. The largest absolute Gasteiger partial charge is 0.314 e. The monoisotopic (exact) mass is 396 g/mol. The summed E-state index contributed by atoms with van der Waals surface area (Å²) in [4.78, 5) is 52.7. The van der Waals surface area contributed by atoms with Gasteiger partial charge in [-0.1, -0.05) is 6.07 Å². The standard InChI is InChI=1S/C21H24N4O4/c1-11-16-10-24(9-13(16)7-22-11)8-12-2-3-14-15(6-12)21(29)25(20(14)28)17-4-5-18(26)23-19(17)27/h2-3,6,11,13,16-17,22H,4-5,7-10H2,1H3,(H,23,26,27). The molecule has 1 aromatic carbocycles. The highest BCUT2D eigenvalue weighted by atomic mass is 16.2. The van der Waals surface area contributed by atoms with Crippen molar-refractivity contribution < 1.29 is 19.2 Å². The van der Waals surface area contributed by atoms with Crippen LogP contribution in [0, 0.1) is 11.8 Å². The number of hydrogen-bond acceptors (Lipinski definition) is 6. The molecule has 4 unspecified atom stereocenters. The van der Waals surface area contributed by atoms with Crippen LogP contribution in [0.1, 0.15) is 46.0 Å². The minimum absolute atomic E-state index is 0.125. The molecule has 29 heavy (non-hydrogen) atoms. The van der Waals surface area contributed by atoms with Crippen molar-refractivity contribution in [1.82, 2.24) is 20.4 Å². The maximum absolute atomic E-state index is 12.9. The Bertz CT molecular complexity index is 929. The highest BCUT2D eigenvalue weighted by molar-refractivity contribution is 6.23. The number of rotatable bonds is 3. The van der Waals surface area contributed by atoms with Crippen molar-refractivity contribution in [2.45, 2.75) is 38.4 Å². The number of imide groups is 2. The molecule has 152 valence electrons. The van der Waals surface area contributed by atoms with Crippen LogP contribution in [-0.4, -0.2) is 65.1 Å². The van der Waals surface area contributed by atoms with Crippen LogP contribution >= 0.6 is 0 Å². The fourth-order valence-electron chi connectivity index (χ4n) is 5.26. The van der Waals surface area contributed by atoms with Crippen molar-refractivity contribution in [3.8, 4) is 0 Å². The average molecular weight is 396 g/mol. The molecule has 0 bridgehead atoms. The lowest BCUT2D eigenvalue weighted by molar-refractivity contribution is -0.136. The summed E-state index contributed by atoms with van der Waals surface area (Å²) in [5.74, 6) is -0.521. The Kier molecular flexibility index (Phi) is 4.29. The van der Waals surface area contributed by atoms with Gasteiger partial charge in [-0.05, 0) is 49.4 Å². The molecule has 1 aromatic rings. The van der Waals surface area contributed by atoms with Gasteiger partial charge in [0.15, 0.2) is 0 Å². The van der Waals surface area contributed by atoms with Crippen LogP contribution < -0.4 is 10.6 Å². The molecule has 2 N–H and O–H groups in total. The van der Waals surface area contributed by atoms with Gasteiger partial charge >= 0.3 is 0 Å². The predicted molar refractivity (Wildman–Crippen MR) is 103 cm³/mol. The van der Waals surface area contributed by atoms with Crippen LogP contribution in [0.5, 0.6) is 0 Å². The second-order valence-corrected chi connectivity index (χ2v) is 8.64. The maximum Gasteiger partial charge on any atom is 0.262 e. The summed E-state index contributed by atoms with van der Waals surface area (Å²) < 4.78 is 0. The second-order valence-electron chi connectivity index (χ2n) is 8.64. The van der Waals surface area contributed by atoms with Gasteiger partial charge in [0.1, 0.15) is 6.04 Å². The molecular formula is C21H24N4O4. The molecule has 4 atom stereocenters. The average Bonchev–Trinajstić information content (AvgIpc) is 3.31. The van der Waals surface area contributed by atoms with Crippen molar-refractivity contribution in [1.29, 1.82) is 0 Å². The molecular weight excluding hydrogens is 372 g/mol. The summed E-state index contributed by atoms with van der Waals surface area (Å²) in [7, 11) is 0. The fraction of sp³-hybridized carbons (Fsp3) is 0.524. The third kappa shape index (κ3) is 2.98. The van der Waals surface area contributed by atoms with Gasteiger partial charge in [-0.15, -0.1) is 0 Å². The normalized spacial score (nSPS) is 32.0. The Hall–Kier alpha value is -2.58. The molecule has 0 aromatic heterocycles. The van der Waals surface area contributed by atoms with E-state index in [0.29, 0.717) is 29.0 Å². The van der Waals surface area contributed by atoms with E-state index >= 15 is 0 Å². The molecule has 3 fully saturated rings. The molecule has 0 spiro atoms. The second kappa shape index (κ2) is 6.74. The predicted octanol–water partition coefficient (Wildman–Crippen LogP) is 0.128. The fourth-order valence-corrected chi connectivity index (χ4v) is 5.26. The molecule has 0 aliphatic carbocycles. The van der Waals surface area contributed by atoms with E-state index in [2.05, 4.69) is 22.5 Å². The molecule has 4 aliphatic rings. The van der Waals surface area contributed by atoms with Gasteiger partial charge in [0, 0.05) is 32.1 Å². The third-order valence-corrected chi connectivity index (χ3v) is 6.82. The van der Waals surface area contributed by atoms with Gasteiger partial charge in [0.25, 0.3) is 11.8 Å². The molecule has 8 nitrogen and oxygen atoms in total. The Morgan fingerprint density at radius 1 is 1.07 bits per heavy atom. The van der Waals surface area contributed by atoms with E-state index in [4.69, 9.17) is 0 Å². The first-order valence-corrected chi connectivity index (χ1v) is 10.2. The first-order chi connectivity index (χ1) is 13.9. The third-order valence-electron chi connectivity index (χ3n) is 6.82. The van der Waals surface area contributed by atoms with Crippen LogP contribution in [0.15, 0.2) is 18.2 Å². The number of carbonyl (C=O) groups excluding carboxylic acids is 4. The highest BCUT2D eigenvalue weighted by Gasteiger charge is 2.45. The molecule has 4 heterocycles. The number of fused-ring (bicyclic) bond motifs is 2. The number of nitrogens with zero attached hydrogens (tertiary/aromatic N) is 2. The minimum Gasteiger partial charge on any atom is -0.314 e. The van der Waals surface area contributed by atoms with E-state index in [1.165, 1.54) is 0 Å². The Morgan fingerprint density at radius 3 is 2.62 bits per heavy atom. The zero-order chi connectivity index (χ0) is 20.3. The van der Waals surface area contributed by atoms with Gasteiger partial charge in [0.2, 0.25) is 11.8 Å². The molecule has 0 radical (unpaired) electrons. The molecule has 4 aliphatic heterocycles. The molecule has 4 amide bonds. The number of likely N-dealkylation sites (tertiary alicyclic amines) is 1. The smallest absolute Gasteiger partial charge is 0.262 e. The number of carbonyl (C=O) groups is 4. The zero-order valence-electron chi connectivity index (χ0n) is 16.3. The SMILES string of the molecule is CC1NCC2CN(Cc3ccc4c(c3)C(=O)N(C3CCC(=O)NC3=O)C4=O)CC21. The summed E-state index contributed by atoms with van der Waals surface area (Å²) in [5, 5.41) is 5.75. The molecule has 5 rings (SSSR count). The van der Waals surface area contributed by atoms with E-state index in [9.17, 15) is 19.2 Å². The number of amides is 4. The van der Waals surface area contributed by atoms with Gasteiger partial charge < -0.3 is 5.32 Å². The van der Waals surface area contributed by atoms with Gasteiger partial charge in [0.05, 0.1) is 11.1 Å². The first-order valence-electron chi connectivity index (χ1n) is 10.2. The number of benzene rings is 1. The Labute approximate surface area is 168 Å². The summed E-state index contributed by atoms with van der Waals surface area (Å²) in [6, 6.07) is 4.99.